The van der Waals surface area contributed by atoms with Crippen LogP contribution in [0.25, 0.3) is 5.65 Å². The fourth-order valence-corrected chi connectivity index (χ4v) is 2.83. The van der Waals surface area contributed by atoms with Crippen molar-refractivity contribution in [3.8, 4) is 0 Å². The van der Waals surface area contributed by atoms with Gasteiger partial charge in [-0.3, -0.25) is 9.72 Å². The second-order valence-electron chi connectivity index (χ2n) is 5.00. The Morgan fingerprint density at radius 1 is 1.41 bits per heavy atom. The van der Waals surface area contributed by atoms with E-state index in [1.54, 1.807) is 21.9 Å². The lowest BCUT2D eigenvalue weighted by Crippen LogP contribution is -2.32. The number of pyridine rings is 1. The number of hydrogen-bond donors (Lipinski definition) is 2. The van der Waals surface area contributed by atoms with E-state index < -0.39 is 0 Å². The van der Waals surface area contributed by atoms with Crippen molar-refractivity contribution in [2.45, 2.75) is 19.8 Å². The molecule has 0 saturated carbocycles. The minimum atomic E-state index is -0.307. The molecule has 3 aromatic rings. The predicted molar refractivity (Wildman–Crippen MR) is 85.3 cm³/mol. The summed E-state index contributed by atoms with van der Waals surface area (Å²) in [6, 6.07) is 5.24. The molecule has 7 nitrogen and oxygen atoms in total. The van der Waals surface area contributed by atoms with Gasteiger partial charge in [0.25, 0.3) is 0 Å². The summed E-state index contributed by atoms with van der Waals surface area (Å²) in [4.78, 5) is 17.5. The van der Waals surface area contributed by atoms with Crippen molar-refractivity contribution in [1.82, 2.24) is 24.9 Å². The molecule has 2 N–H and O–H groups in total. The van der Waals surface area contributed by atoms with Crippen LogP contribution >= 0.6 is 11.3 Å². The van der Waals surface area contributed by atoms with Gasteiger partial charge in [-0.25, -0.2) is 9.78 Å². The number of rotatable bonds is 4. The van der Waals surface area contributed by atoms with Gasteiger partial charge >= 0.3 is 6.03 Å². The molecule has 114 valence electrons. The van der Waals surface area contributed by atoms with Crippen molar-refractivity contribution in [2.75, 3.05) is 11.9 Å². The molecule has 1 atom stereocenters. The molecule has 0 aliphatic carbocycles. The van der Waals surface area contributed by atoms with Gasteiger partial charge in [-0.05, 0) is 19.1 Å². The van der Waals surface area contributed by atoms with Gasteiger partial charge in [0.2, 0.25) is 5.95 Å². The highest BCUT2D eigenvalue weighted by atomic mass is 32.1. The third kappa shape index (κ3) is 3.06. The summed E-state index contributed by atoms with van der Waals surface area (Å²) in [6.45, 7) is 4.56. The highest BCUT2D eigenvalue weighted by Crippen LogP contribution is 2.20. The van der Waals surface area contributed by atoms with Crippen LogP contribution in [0.2, 0.25) is 0 Å². The molecule has 0 aliphatic heterocycles. The number of aromatic nitrogens is 4. The molecule has 8 heteroatoms. The normalized spacial score (nSPS) is 12.3. The monoisotopic (exact) mass is 316 g/mol. The maximum Gasteiger partial charge on any atom is 0.321 e. The number of carbonyl (C=O) groups is 1. The third-order valence-electron chi connectivity index (χ3n) is 3.17. The number of fused-ring (bicyclic) bond motifs is 1. The molecular formula is C14H16N6OS. The van der Waals surface area contributed by atoms with Crippen molar-refractivity contribution >= 4 is 29.0 Å². The molecule has 0 aromatic carbocycles. The Labute approximate surface area is 131 Å². The van der Waals surface area contributed by atoms with Gasteiger partial charge in [-0.15, -0.1) is 21.5 Å². The first-order valence-electron chi connectivity index (χ1n) is 6.90. The second-order valence-corrected chi connectivity index (χ2v) is 6.26. The number of thiazole rings is 1. The van der Waals surface area contributed by atoms with Crippen molar-refractivity contribution in [1.29, 1.82) is 0 Å². The summed E-state index contributed by atoms with van der Waals surface area (Å²) < 4.78 is 1.72. The molecule has 0 aliphatic rings. The van der Waals surface area contributed by atoms with E-state index in [4.69, 9.17) is 0 Å². The predicted octanol–water partition coefficient (Wildman–Crippen LogP) is 2.42. The van der Waals surface area contributed by atoms with Crippen LogP contribution in [0.3, 0.4) is 0 Å². The summed E-state index contributed by atoms with van der Waals surface area (Å²) in [5.41, 5.74) is 0.685. The lowest BCUT2D eigenvalue weighted by Gasteiger charge is -2.10. The highest BCUT2D eigenvalue weighted by Gasteiger charge is 2.12. The molecule has 1 unspecified atom stereocenters. The first kappa shape index (κ1) is 14.5. The molecule has 0 bridgehead atoms. The quantitative estimate of drug-likeness (QED) is 0.774. The number of nitrogens with one attached hydrogen (secondary N) is 2. The second kappa shape index (κ2) is 6.10. The van der Waals surface area contributed by atoms with E-state index in [9.17, 15) is 4.79 Å². The Balaban J connectivity index is 1.58. The van der Waals surface area contributed by atoms with E-state index in [1.165, 1.54) is 4.88 Å². The molecule has 0 saturated heterocycles. The molecule has 2 amide bonds. The number of amides is 2. The minimum Gasteiger partial charge on any atom is -0.337 e. The zero-order chi connectivity index (χ0) is 15.5. The average molecular weight is 316 g/mol. The van der Waals surface area contributed by atoms with Crippen LogP contribution in [0.4, 0.5) is 10.7 Å². The SMILES string of the molecule is Cc1cnc(C(C)CNC(=O)Nc2nnc3ccccn23)s1. The Morgan fingerprint density at radius 2 is 2.27 bits per heavy atom. The van der Waals surface area contributed by atoms with Gasteiger partial charge in [-0.1, -0.05) is 13.0 Å². The fraction of sp³-hybridized carbons (Fsp3) is 0.286. The number of aryl methyl sites for hydroxylation is 1. The smallest absolute Gasteiger partial charge is 0.321 e. The molecule has 22 heavy (non-hydrogen) atoms. The lowest BCUT2D eigenvalue weighted by molar-refractivity contribution is 0.251. The summed E-state index contributed by atoms with van der Waals surface area (Å²) in [7, 11) is 0. The zero-order valence-electron chi connectivity index (χ0n) is 12.3. The zero-order valence-corrected chi connectivity index (χ0v) is 13.1. The minimum absolute atomic E-state index is 0.166. The first-order valence-corrected chi connectivity index (χ1v) is 7.72. The Hall–Kier alpha value is -2.48. The molecular weight excluding hydrogens is 300 g/mol. The summed E-state index contributed by atoms with van der Waals surface area (Å²) in [6.07, 6.45) is 3.64. The van der Waals surface area contributed by atoms with Gasteiger partial charge in [0.1, 0.15) is 0 Å². The number of carbonyl (C=O) groups excluding carboxylic acids is 1. The lowest BCUT2D eigenvalue weighted by atomic mass is 10.2. The standard InChI is InChI=1S/C14H16N6OS/c1-9(12-15-8-10(2)22-12)7-16-14(21)17-13-19-18-11-5-3-4-6-20(11)13/h3-6,8-9H,7H2,1-2H3,(H2,16,17,19,21). The Bertz CT molecular complexity index is 795. The number of hydrogen-bond acceptors (Lipinski definition) is 5. The van der Waals surface area contributed by atoms with Crippen LogP contribution in [0.1, 0.15) is 22.7 Å². The van der Waals surface area contributed by atoms with Gasteiger partial charge in [0.15, 0.2) is 5.65 Å². The van der Waals surface area contributed by atoms with Gasteiger partial charge in [0, 0.05) is 29.7 Å². The number of nitrogens with zero attached hydrogens (tertiary/aromatic N) is 4. The van der Waals surface area contributed by atoms with Gasteiger partial charge in [-0.2, -0.15) is 0 Å². The van der Waals surface area contributed by atoms with E-state index in [1.807, 2.05) is 38.2 Å². The summed E-state index contributed by atoms with van der Waals surface area (Å²) >= 11 is 1.65. The Morgan fingerprint density at radius 3 is 3.05 bits per heavy atom. The van der Waals surface area contributed by atoms with Gasteiger partial charge in [0.05, 0.1) is 5.01 Å². The molecule has 0 spiro atoms. The maximum absolute atomic E-state index is 12.0. The largest absolute Gasteiger partial charge is 0.337 e. The fourth-order valence-electron chi connectivity index (χ4n) is 2.01. The van der Waals surface area contributed by atoms with Gasteiger partial charge < -0.3 is 5.32 Å². The van der Waals surface area contributed by atoms with Crippen LogP contribution in [0.15, 0.2) is 30.6 Å². The van der Waals surface area contributed by atoms with Crippen molar-refractivity contribution in [3.63, 3.8) is 0 Å². The maximum atomic E-state index is 12.0. The summed E-state index contributed by atoms with van der Waals surface area (Å²) in [5.74, 6) is 0.561. The van der Waals surface area contributed by atoms with Crippen molar-refractivity contribution in [2.24, 2.45) is 0 Å². The first-order chi connectivity index (χ1) is 10.6. The van der Waals surface area contributed by atoms with E-state index >= 15 is 0 Å². The molecule has 3 rings (SSSR count). The summed E-state index contributed by atoms with van der Waals surface area (Å²) in [5, 5.41) is 14.5. The van der Waals surface area contributed by atoms with Crippen molar-refractivity contribution < 1.29 is 4.79 Å². The molecule has 0 radical (unpaired) electrons. The Kier molecular flexibility index (Phi) is 4.01. The molecule has 0 fully saturated rings. The molecule has 3 aromatic heterocycles. The van der Waals surface area contributed by atoms with Crippen LogP contribution in [-0.2, 0) is 0 Å². The highest BCUT2D eigenvalue weighted by molar-refractivity contribution is 7.11. The topological polar surface area (TPSA) is 84.2 Å². The third-order valence-corrected chi connectivity index (χ3v) is 4.31. The number of anilines is 1. The molecule has 3 heterocycles. The van der Waals surface area contributed by atoms with E-state index in [0.29, 0.717) is 18.1 Å². The van der Waals surface area contributed by atoms with Crippen molar-refractivity contribution in [3.05, 3.63) is 40.5 Å². The van der Waals surface area contributed by atoms with E-state index in [0.717, 1.165) is 5.01 Å². The van der Waals surface area contributed by atoms with Crippen LogP contribution < -0.4 is 10.6 Å². The van der Waals surface area contributed by atoms with E-state index in [-0.39, 0.29) is 11.9 Å². The average Bonchev–Trinajstić information content (AvgIpc) is 3.12. The van der Waals surface area contributed by atoms with Crippen LogP contribution in [0.5, 0.6) is 0 Å². The number of urea groups is 1. The van der Waals surface area contributed by atoms with Crippen LogP contribution in [0, 0.1) is 6.92 Å². The van der Waals surface area contributed by atoms with Crippen LogP contribution in [-0.4, -0.2) is 32.2 Å². The van der Waals surface area contributed by atoms with E-state index in [2.05, 4.69) is 25.8 Å².